The van der Waals surface area contributed by atoms with Crippen molar-refractivity contribution in [1.29, 1.82) is 0 Å². The summed E-state index contributed by atoms with van der Waals surface area (Å²) in [4.78, 5) is 1.16. The minimum absolute atomic E-state index is 0.0870. The Morgan fingerprint density at radius 3 is 2.53 bits per heavy atom. The van der Waals surface area contributed by atoms with Crippen molar-refractivity contribution in [3.05, 3.63) is 29.8 Å². The maximum absolute atomic E-state index is 9.04. The lowest BCUT2D eigenvalue weighted by Crippen LogP contribution is -2.09. The van der Waals surface area contributed by atoms with E-state index in [4.69, 9.17) is 19.3 Å². The summed E-state index contributed by atoms with van der Waals surface area (Å²) < 4.78 is 15.6. The van der Waals surface area contributed by atoms with Crippen molar-refractivity contribution in [1.82, 2.24) is 0 Å². The summed E-state index contributed by atoms with van der Waals surface area (Å²) in [5, 5.41) is 9.04. The van der Waals surface area contributed by atoms with Crippen molar-refractivity contribution in [2.24, 2.45) is 0 Å². The number of hydrogen-bond donors (Lipinski definition) is 1. The van der Waals surface area contributed by atoms with Gasteiger partial charge in [0.1, 0.15) is 0 Å². The molecule has 0 aliphatic carbocycles. The van der Waals surface area contributed by atoms with Crippen LogP contribution in [-0.2, 0) is 20.8 Å². The van der Waals surface area contributed by atoms with Gasteiger partial charge in [0.05, 0.1) is 39.6 Å². The second-order valence-corrected chi connectivity index (χ2v) is 5.04. The zero-order chi connectivity index (χ0) is 13.8. The lowest BCUT2D eigenvalue weighted by atomic mass is 10.2. The molecule has 0 atom stereocenters. The fraction of sp³-hybridized carbons (Fsp3) is 0.571. The molecule has 1 aromatic rings. The monoisotopic (exact) mass is 286 g/mol. The average molecular weight is 286 g/mol. The van der Waals surface area contributed by atoms with Crippen molar-refractivity contribution >= 4 is 11.8 Å². The van der Waals surface area contributed by atoms with E-state index in [2.05, 4.69) is 0 Å². The molecule has 0 aliphatic rings. The van der Waals surface area contributed by atoms with E-state index < -0.39 is 0 Å². The van der Waals surface area contributed by atoms with E-state index in [1.165, 1.54) is 0 Å². The Morgan fingerprint density at radius 2 is 1.79 bits per heavy atom. The van der Waals surface area contributed by atoms with Crippen LogP contribution in [0.1, 0.15) is 5.56 Å². The first-order valence-electron chi connectivity index (χ1n) is 6.34. The van der Waals surface area contributed by atoms with Crippen LogP contribution >= 0.6 is 11.8 Å². The minimum Gasteiger partial charge on any atom is -0.392 e. The number of benzene rings is 1. The SMILES string of the molecule is COCCOCCOCCSc1cccc(CO)c1. The van der Waals surface area contributed by atoms with Gasteiger partial charge >= 0.3 is 0 Å². The molecule has 0 saturated carbocycles. The smallest absolute Gasteiger partial charge is 0.0701 e. The summed E-state index contributed by atoms with van der Waals surface area (Å²) in [7, 11) is 1.66. The Balaban J connectivity index is 1.98. The molecule has 1 aromatic carbocycles. The topological polar surface area (TPSA) is 47.9 Å². The van der Waals surface area contributed by atoms with Crippen LogP contribution in [-0.4, -0.2) is 51.0 Å². The normalized spacial score (nSPS) is 10.8. The van der Waals surface area contributed by atoms with Crippen molar-refractivity contribution in [2.45, 2.75) is 11.5 Å². The van der Waals surface area contributed by atoms with Crippen LogP contribution in [0.5, 0.6) is 0 Å². The van der Waals surface area contributed by atoms with Gasteiger partial charge in [0.2, 0.25) is 0 Å². The van der Waals surface area contributed by atoms with Gasteiger partial charge in [0.15, 0.2) is 0 Å². The van der Waals surface area contributed by atoms with Gasteiger partial charge in [0, 0.05) is 17.8 Å². The minimum atomic E-state index is 0.0870. The summed E-state index contributed by atoms with van der Waals surface area (Å²) in [5.41, 5.74) is 0.942. The van der Waals surface area contributed by atoms with E-state index in [1.807, 2.05) is 24.3 Å². The van der Waals surface area contributed by atoms with E-state index in [9.17, 15) is 0 Å². The number of ether oxygens (including phenoxy) is 3. The number of hydrogen-bond acceptors (Lipinski definition) is 5. The molecule has 0 unspecified atom stereocenters. The molecule has 0 radical (unpaired) electrons. The molecule has 4 nitrogen and oxygen atoms in total. The third-order valence-corrected chi connectivity index (χ3v) is 3.34. The van der Waals surface area contributed by atoms with Crippen LogP contribution in [0.25, 0.3) is 0 Å². The first kappa shape index (κ1) is 16.5. The lowest BCUT2D eigenvalue weighted by Gasteiger charge is -2.06. The van der Waals surface area contributed by atoms with Crippen LogP contribution in [0.15, 0.2) is 29.2 Å². The molecule has 0 aromatic heterocycles. The maximum Gasteiger partial charge on any atom is 0.0701 e. The Bertz CT molecular complexity index is 333. The van der Waals surface area contributed by atoms with E-state index >= 15 is 0 Å². The standard InChI is InChI=1S/C14H22O4S/c1-16-5-6-17-7-8-18-9-10-19-14-4-2-3-13(11-14)12-15/h2-4,11,15H,5-10,12H2,1H3. The molecular weight excluding hydrogens is 264 g/mol. The summed E-state index contributed by atoms with van der Waals surface area (Å²) in [6, 6.07) is 7.91. The van der Waals surface area contributed by atoms with E-state index in [0.717, 1.165) is 16.2 Å². The van der Waals surface area contributed by atoms with Crippen molar-refractivity contribution in [3.8, 4) is 0 Å². The van der Waals surface area contributed by atoms with E-state index in [-0.39, 0.29) is 6.61 Å². The molecular formula is C14H22O4S. The number of aliphatic hydroxyl groups excluding tert-OH is 1. The second-order valence-electron chi connectivity index (χ2n) is 3.87. The number of rotatable bonds is 11. The molecule has 0 heterocycles. The van der Waals surface area contributed by atoms with Gasteiger partial charge in [-0.05, 0) is 17.7 Å². The van der Waals surface area contributed by atoms with E-state index in [1.54, 1.807) is 18.9 Å². The molecule has 0 amide bonds. The highest BCUT2D eigenvalue weighted by Gasteiger charge is 1.96. The highest BCUT2D eigenvalue weighted by atomic mass is 32.2. The molecule has 0 bridgehead atoms. The first-order valence-corrected chi connectivity index (χ1v) is 7.32. The van der Waals surface area contributed by atoms with Crippen LogP contribution < -0.4 is 0 Å². The fourth-order valence-electron chi connectivity index (χ4n) is 1.42. The zero-order valence-corrected chi connectivity index (χ0v) is 12.2. The zero-order valence-electron chi connectivity index (χ0n) is 11.3. The van der Waals surface area contributed by atoms with Gasteiger partial charge in [-0.2, -0.15) is 0 Å². The van der Waals surface area contributed by atoms with Gasteiger partial charge in [-0.3, -0.25) is 0 Å². The third kappa shape index (κ3) is 8.23. The average Bonchev–Trinajstić information content (AvgIpc) is 2.46. The molecule has 5 heteroatoms. The van der Waals surface area contributed by atoms with E-state index in [0.29, 0.717) is 33.0 Å². The van der Waals surface area contributed by atoms with Crippen molar-refractivity contribution in [2.75, 3.05) is 45.9 Å². The highest BCUT2D eigenvalue weighted by Crippen LogP contribution is 2.18. The molecule has 108 valence electrons. The van der Waals surface area contributed by atoms with Gasteiger partial charge in [-0.25, -0.2) is 0 Å². The van der Waals surface area contributed by atoms with Crippen LogP contribution in [0.2, 0.25) is 0 Å². The number of thioether (sulfide) groups is 1. The molecule has 0 aliphatic heterocycles. The molecule has 1 N–H and O–H groups in total. The summed E-state index contributed by atoms with van der Waals surface area (Å²) in [6.45, 7) is 3.24. The van der Waals surface area contributed by atoms with Crippen LogP contribution in [0, 0.1) is 0 Å². The van der Waals surface area contributed by atoms with Gasteiger partial charge in [-0.1, -0.05) is 12.1 Å². The fourth-order valence-corrected chi connectivity index (χ4v) is 2.26. The Hall–Kier alpha value is -0.590. The van der Waals surface area contributed by atoms with Crippen molar-refractivity contribution < 1.29 is 19.3 Å². The Morgan fingerprint density at radius 1 is 1.05 bits per heavy atom. The van der Waals surface area contributed by atoms with Gasteiger partial charge < -0.3 is 19.3 Å². The maximum atomic E-state index is 9.04. The highest BCUT2D eigenvalue weighted by molar-refractivity contribution is 7.99. The van der Waals surface area contributed by atoms with Crippen molar-refractivity contribution in [3.63, 3.8) is 0 Å². The molecule has 1 rings (SSSR count). The summed E-state index contributed by atoms with van der Waals surface area (Å²) >= 11 is 1.72. The molecule has 0 spiro atoms. The lowest BCUT2D eigenvalue weighted by molar-refractivity contribution is 0.0286. The Labute approximate surface area is 119 Å². The molecule has 0 fully saturated rings. The predicted octanol–water partition coefficient (Wildman–Crippen LogP) is 1.95. The summed E-state index contributed by atoms with van der Waals surface area (Å²) in [5.74, 6) is 0.896. The van der Waals surface area contributed by atoms with Gasteiger partial charge in [-0.15, -0.1) is 11.8 Å². The van der Waals surface area contributed by atoms with Crippen LogP contribution in [0.4, 0.5) is 0 Å². The molecule has 19 heavy (non-hydrogen) atoms. The Kier molecular flexibility index (Phi) is 9.75. The number of methoxy groups -OCH3 is 1. The quantitative estimate of drug-likeness (QED) is 0.498. The first-order chi connectivity index (χ1) is 9.36. The third-order valence-electron chi connectivity index (χ3n) is 2.38. The summed E-state index contributed by atoms with van der Waals surface area (Å²) in [6.07, 6.45) is 0. The number of aliphatic hydroxyl groups is 1. The largest absolute Gasteiger partial charge is 0.392 e. The van der Waals surface area contributed by atoms with Crippen LogP contribution in [0.3, 0.4) is 0 Å². The predicted molar refractivity (Wildman–Crippen MR) is 76.6 cm³/mol. The second kappa shape index (κ2) is 11.3. The van der Waals surface area contributed by atoms with Gasteiger partial charge in [0.25, 0.3) is 0 Å². The molecule has 0 saturated heterocycles.